The van der Waals surface area contributed by atoms with Crippen LogP contribution in [0.5, 0.6) is 0 Å². The monoisotopic (exact) mass is 535 g/mol. The lowest BCUT2D eigenvalue weighted by molar-refractivity contribution is -0.150. The number of oxime groups is 1. The Bertz CT molecular complexity index is 1450. The third-order valence-corrected chi connectivity index (χ3v) is 7.42. The summed E-state index contributed by atoms with van der Waals surface area (Å²) in [6, 6.07) is 7.69. The average molecular weight is 536 g/mol. The molecule has 1 saturated heterocycles. The molecule has 2 amide bonds. The van der Waals surface area contributed by atoms with Gasteiger partial charge in [-0.25, -0.2) is 9.78 Å². The SMILES string of the molecule is CO/N=C(\C(=O)NC1C(=O)N2C(C(=O)O)=C(/C=C/c3c(C#N)cccc3C#N)CS[C@H]12)c1csc(N)n1. The number of allylic oxidation sites excluding steroid dienone is 1. The van der Waals surface area contributed by atoms with Gasteiger partial charge < -0.3 is 21.0 Å². The topological polar surface area (TPSA) is 195 Å². The van der Waals surface area contributed by atoms with Crippen molar-refractivity contribution in [1.29, 1.82) is 10.5 Å². The zero-order valence-electron chi connectivity index (χ0n) is 19.0. The number of aromatic nitrogens is 1. The molecule has 0 bridgehead atoms. The second kappa shape index (κ2) is 10.5. The Morgan fingerprint density at radius 2 is 2.03 bits per heavy atom. The maximum atomic E-state index is 13.0. The highest BCUT2D eigenvalue weighted by Gasteiger charge is 2.54. The minimum atomic E-state index is -1.32. The van der Waals surface area contributed by atoms with Crippen LogP contribution in [0.15, 0.2) is 46.1 Å². The van der Waals surface area contributed by atoms with E-state index in [2.05, 4.69) is 15.5 Å². The van der Waals surface area contributed by atoms with Crippen molar-refractivity contribution in [2.45, 2.75) is 11.4 Å². The number of carbonyl (C=O) groups is 3. The number of carboxylic acids is 1. The number of hydrogen-bond donors (Lipinski definition) is 3. The Morgan fingerprint density at radius 3 is 2.59 bits per heavy atom. The summed E-state index contributed by atoms with van der Waals surface area (Å²) >= 11 is 2.36. The number of nitriles is 2. The molecular formula is C23H17N7O5S2. The van der Waals surface area contributed by atoms with Gasteiger partial charge in [0.1, 0.15) is 29.9 Å². The number of amides is 2. The molecule has 0 saturated carbocycles. The van der Waals surface area contributed by atoms with Crippen LogP contribution in [0.3, 0.4) is 0 Å². The smallest absolute Gasteiger partial charge is 0.352 e. The van der Waals surface area contributed by atoms with Crippen LogP contribution in [0, 0.1) is 22.7 Å². The highest BCUT2D eigenvalue weighted by molar-refractivity contribution is 8.00. The molecule has 2 aliphatic heterocycles. The number of β-lactam (4-membered cyclic amide) rings is 1. The van der Waals surface area contributed by atoms with E-state index in [1.165, 1.54) is 36.4 Å². The summed E-state index contributed by atoms with van der Waals surface area (Å²) in [7, 11) is 1.25. The van der Waals surface area contributed by atoms with Gasteiger partial charge in [-0.05, 0) is 17.7 Å². The molecule has 0 spiro atoms. The van der Waals surface area contributed by atoms with Gasteiger partial charge in [-0.2, -0.15) is 10.5 Å². The molecule has 1 fully saturated rings. The lowest BCUT2D eigenvalue weighted by Gasteiger charge is -2.49. The Hall–Kier alpha value is -4.66. The highest BCUT2D eigenvalue weighted by atomic mass is 32.2. The van der Waals surface area contributed by atoms with Gasteiger partial charge >= 0.3 is 5.97 Å². The van der Waals surface area contributed by atoms with E-state index < -0.39 is 29.2 Å². The van der Waals surface area contributed by atoms with Crippen LogP contribution < -0.4 is 11.1 Å². The van der Waals surface area contributed by atoms with Crippen LogP contribution in [0.1, 0.15) is 22.4 Å². The summed E-state index contributed by atoms with van der Waals surface area (Å²) in [4.78, 5) is 47.8. The number of nitrogen functional groups attached to an aromatic ring is 1. The second-order valence-corrected chi connectivity index (χ2v) is 9.55. The number of nitrogens with one attached hydrogen (secondary N) is 1. The van der Waals surface area contributed by atoms with E-state index in [0.29, 0.717) is 11.1 Å². The average Bonchev–Trinajstić information content (AvgIpc) is 3.33. The van der Waals surface area contributed by atoms with Gasteiger partial charge in [0.15, 0.2) is 10.8 Å². The number of nitrogens with zero attached hydrogens (tertiary/aromatic N) is 5. The molecule has 37 heavy (non-hydrogen) atoms. The summed E-state index contributed by atoms with van der Waals surface area (Å²) in [6.45, 7) is 0. The zero-order valence-corrected chi connectivity index (χ0v) is 20.7. The molecule has 2 aliphatic rings. The second-order valence-electron chi connectivity index (χ2n) is 7.56. The summed E-state index contributed by atoms with van der Waals surface area (Å²) in [5.74, 6) is -2.46. The number of rotatable bonds is 7. The first kappa shape index (κ1) is 25.4. The number of benzene rings is 1. The van der Waals surface area contributed by atoms with E-state index in [1.807, 2.05) is 12.1 Å². The fourth-order valence-electron chi connectivity index (χ4n) is 3.80. The van der Waals surface area contributed by atoms with E-state index >= 15 is 0 Å². The van der Waals surface area contributed by atoms with Gasteiger partial charge in [0.25, 0.3) is 11.8 Å². The number of carboxylic acid groups (broad SMARTS) is 1. The molecule has 0 radical (unpaired) electrons. The molecule has 4 rings (SSSR count). The number of thioether (sulfide) groups is 1. The van der Waals surface area contributed by atoms with Crippen LogP contribution >= 0.6 is 23.1 Å². The summed E-state index contributed by atoms with van der Waals surface area (Å²) in [5.41, 5.74) is 6.58. The van der Waals surface area contributed by atoms with Crippen molar-refractivity contribution in [3.8, 4) is 12.1 Å². The first-order chi connectivity index (χ1) is 17.8. The van der Waals surface area contributed by atoms with Crippen LogP contribution in [-0.2, 0) is 19.2 Å². The molecule has 1 aromatic heterocycles. The molecular weight excluding hydrogens is 518 g/mol. The molecule has 2 aromatic rings. The molecule has 4 N–H and O–H groups in total. The van der Waals surface area contributed by atoms with Crippen LogP contribution in [-0.4, -0.2) is 62.8 Å². The third-order valence-electron chi connectivity index (χ3n) is 5.45. The summed E-state index contributed by atoms with van der Waals surface area (Å²) in [5, 5.41) is 36.0. The number of aliphatic carboxylic acids is 1. The molecule has 14 heteroatoms. The summed E-state index contributed by atoms with van der Waals surface area (Å²) in [6.07, 6.45) is 2.98. The van der Waals surface area contributed by atoms with Crippen molar-refractivity contribution in [2.75, 3.05) is 18.6 Å². The molecule has 2 atom stereocenters. The van der Waals surface area contributed by atoms with Gasteiger partial charge in [0, 0.05) is 16.7 Å². The van der Waals surface area contributed by atoms with E-state index in [9.17, 15) is 30.0 Å². The quantitative estimate of drug-likeness (QED) is 0.264. The molecule has 3 heterocycles. The third kappa shape index (κ3) is 4.75. The Labute approximate surface area is 218 Å². The number of carbonyl (C=O) groups excluding carboxylic acids is 2. The fraction of sp³-hybridized carbons (Fsp3) is 0.174. The van der Waals surface area contributed by atoms with Crippen LogP contribution in [0.25, 0.3) is 6.08 Å². The zero-order chi connectivity index (χ0) is 26.7. The van der Waals surface area contributed by atoms with Crippen molar-refractivity contribution in [1.82, 2.24) is 15.2 Å². The van der Waals surface area contributed by atoms with Gasteiger partial charge in [0.2, 0.25) is 0 Å². The first-order valence-electron chi connectivity index (χ1n) is 10.5. The van der Waals surface area contributed by atoms with Crippen molar-refractivity contribution in [3.05, 3.63) is 63.3 Å². The van der Waals surface area contributed by atoms with E-state index in [4.69, 9.17) is 10.6 Å². The molecule has 186 valence electrons. The number of thiazole rings is 1. The number of hydrogen-bond acceptors (Lipinski definition) is 11. The number of anilines is 1. The van der Waals surface area contributed by atoms with Crippen molar-refractivity contribution in [3.63, 3.8) is 0 Å². The summed E-state index contributed by atoms with van der Waals surface area (Å²) < 4.78 is 0. The molecule has 0 aliphatic carbocycles. The predicted octanol–water partition coefficient (Wildman–Crippen LogP) is 1.27. The van der Waals surface area contributed by atoms with Crippen LogP contribution in [0.2, 0.25) is 0 Å². The van der Waals surface area contributed by atoms with Gasteiger partial charge in [0.05, 0.1) is 23.3 Å². The lowest BCUT2D eigenvalue weighted by Crippen LogP contribution is -2.71. The maximum absolute atomic E-state index is 13.0. The number of fused-ring (bicyclic) bond motifs is 1. The highest BCUT2D eigenvalue weighted by Crippen LogP contribution is 2.41. The van der Waals surface area contributed by atoms with Crippen molar-refractivity contribution < 1.29 is 24.3 Å². The molecule has 1 unspecified atom stereocenters. The Balaban J connectivity index is 1.59. The van der Waals surface area contributed by atoms with Gasteiger partial charge in [-0.15, -0.1) is 23.1 Å². The van der Waals surface area contributed by atoms with E-state index in [1.54, 1.807) is 18.2 Å². The lowest BCUT2D eigenvalue weighted by atomic mass is 9.99. The standard InChI is InChI=1S/C23H17N7O5S2/c1-35-29-16(15-10-37-23(26)27-15)19(31)28-17-20(32)30-18(22(33)34)13(9-36-21(17)30)5-6-14-11(7-24)3-2-4-12(14)8-25/h2-6,10,17,21H,9H2,1H3,(H2,26,27)(H,28,31)(H,33,34)/b6-5+,29-16-/t17?,21-/m1/s1. The van der Waals surface area contributed by atoms with Gasteiger partial charge in [-0.1, -0.05) is 23.4 Å². The predicted molar refractivity (Wildman–Crippen MR) is 135 cm³/mol. The number of nitrogens with two attached hydrogens (primary N) is 1. The maximum Gasteiger partial charge on any atom is 0.352 e. The molecule has 12 nitrogen and oxygen atoms in total. The van der Waals surface area contributed by atoms with E-state index in [0.717, 1.165) is 16.2 Å². The minimum absolute atomic E-state index is 0.176. The minimum Gasteiger partial charge on any atom is -0.477 e. The Kier molecular flexibility index (Phi) is 7.24. The largest absolute Gasteiger partial charge is 0.477 e. The normalized spacial score (nSPS) is 19.1. The van der Waals surface area contributed by atoms with E-state index in [-0.39, 0.29) is 39.1 Å². The van der Waals surface area contributed by atoms with Crippen molar-refractivity contribution in [2.24, 2.45) is 5.16 Å². The first-order valence-corrected chi connectivity index (χ1v) is 12.4. The Morgan fingerprint density at radius 1 is 1.32 bits per heavy atom. The fourth-order valence-corrected chi connectivity index (χ4v) is 5.66. The van der Waals surface area contributed by atoms with Gasteiger partial charge in [-0.3, -0.25) is 14.5 Å². The van der Waals surface area contributed by atoms with Crippen LogP contribution in [0.4, 0.5) is 5.13 Å². The van der Waals surface area contributed by atoms with Crippen molar-refractivity contribution >= 4 is 57.8 Å². The molecule has 1 aromatic carbocycles.